The van der Waals surface area contributed by atoms with Gasteiger partial charge in [0.1, 0.15) is 0 Å². The maximum Gasteiger partial charge on any atom is 0.248 e. The zero-order valence-corrected chi connectivity index (χ0v) is 14.0. The van der Waals surface area contributed by atoms with Crippen molar-refractivity contribution in [2.45, 2.75) is 31.6 Å². The highest BCUT2D eigenvalue weighted by atomic mass is 19.3. The second-order valence-electron chi connectivity index (χ2n) is 6.35. The van der Waals surface area contributed by atoms with E-state index >= 15 is 0 Å². The molecule has 2 aromatic rings. The number of fused-ring (bicyclic) bond motifs is 1. The van der Waals surface area contributed by atoms with E-state index in [-0.39, 0.29) is 24.7 Å². The molecule has 1 fully saturated rings. The molecule has 1 aliphatic rings. The smallest absolute Gasteiger partial charge is 0.248 e. The molecule has 25 heavy (non-hydrogen) atoms. The molecule has 1 amide bonds. The summed E-state index contributed by atoms with van der Waals surface area (Å²) in [6.07, 6.45) is 7.38. The van der Waals surface area contributed by atoms with Crippen LogP contribution in [0.2, 0.25) is 0 Å². The Balaban J connectivity index is 1.83. The number of amides is 1. The second-order valence-corrected chi connectivity index (χ2v) is 6.35. The lowest BCUT2D eigenvalue weighted by Gasteiger charge is -2.26. The first-order valence-electron chi connectivity index (χ1n) is 8.20. The van der Waals surface area contributed by atoms with E-state index in [0.717, 1.165) is 5.39 Å². The highest BCUT2D eigenvalue weighted by molar-refractivity contribution is 6.00. The van der Waals surface area contributed by atoms with Gasteiger partial charge in [0.15, 0.2) is 5.65 Å². The molecule has 5 nitrogen and oxygen atoms in total. The van der Waals surface area contributed by atoms with E-state index in [1.54, 1.807) is 24.0 Å². The van der Waals surface area contributed by atoms with Crippen molar-refractivity contribution in [1.29, 1.82) is 0 Å². The Hall–Kier alpha value is -2.57. The van der Waals surface area contributed by atoms with E-state index in [0.29, 0.717) is 29.9 Å². The zero-order valence-electron chi connectivity index (χ0n) is 14.0. The van der Waals surface area contributed by atoms with Crippen LogP contribution in [0.4, 0.5) is 14.5 Å². The van der Waals surface area contributed by atoms with Crippen LogP contribution in [0.25, 0.3) is 17.1 Å². The van der Waals surface area contributed by atoms with E-state index in [2.05, 4.69) is 22.0 Å². The Morgan fingerprint density at radius 1 is 1.44 bits per heavy atom. The van der Waals surface area contributed by atoms with Crippen molar-refractivity contribution in [3.8, 4) is 0 Å². The number of nitrogens with one attached hydrogen (secondary N) is 1. The topological polar surface area (TPSA) is 59.8 Å². The fraction of sp³-hybridized carbons (Fsp3) is 0.389. The second kappa shape index (κ2) is 6.74. The first-order valence-corrected chi connectivity index (χ1v) is 8.20. The third-order valence-corrected chi connectivity index (χ3v) is 4.45. The fourth-order valence-electron chi connectivity index (χ4n) is 3.03. The summed E-state index contributed by atoms with van der Waals surface area (Å²) in [6, 6.07) is 1.80. The number of carbonyl (C=O) groups excluding carboxylic acids is 1. The number of halogens is 2. The van der Waals surface area contributed by atoms with Crippen molar-refractivity contribution in [2.24, 2.45) is 13.0 Å². The van der Waals surface area contributed by atoms with E-state index in [4.69, 9.17) is 0 Å². The molecule has 0 radical (unpaired) electrons. The first kappa shape index (κ1) is 17.3. The molecular weight excluding hydrogens is 326 g/mol. The number of pyridine rings is 1. The Bertz CT molecular complexity index is 831. The summed E-state index contributed by atoms with van der Waals surface area (Å²) < 4.78 is 28.1. The van der Waals surface area contributed by atoms with Gasteiger partial charge in [0.05, 0.1) is 17.6 Å². The number of aryl methyl sites for hydroxylation is 1. The van der Waals surface area contributed by atoms with Crippen LogP contribution >= 0.6 is 0 Å². The van der Waals surface area contributed by atoms with Crippen molar-refractivity contribution < 1.29 is 13.6 Å². The SMILES string of the molecule is C=CC(=O)Nc1cnc2c(c1)c(/C=C/C1CCC(F)(F)CC1)nn2C. The van der Waals surface area contributed by atoms with Crippen molar-refractivity contribution >= 4 is 28.7 Å². The standard InChI is InChI=1S/C18H20F2N4O/c1-3-16(25)22-13-10-14-15(23-24(2)17(14)21-11-13)5-4-12-6-8-18(19,20)9-7-12/h3-5,10-12H,1,6-9H2,2H3,(H,22,25)/b5-4+. The largest absolute Gasteiger partial charge is 0.321 e. The molecule has 132 valence electrons. The minimum absolute atomic E-state index is 0.0652. The van der Waals surface area contributed by atoms with E-state index in [9.17, 15) is 13.6 Å². The predicted molar refractivity (Wildman–Crippen MR) is 93.3 cm³/mol. The van der Waals surface area contributed by atoms with Crippen LogP contribution in [0.1, 0.15) is 31.4 Å². The van der Waals surface area contributed by atoms with Gasteiger partial charge in [-0.25, -0.2) is 18.4 Å². The van der Waals surface area contributed by atoms with Gasteiger partial charge in [-0.2, -0.15) is 5.10 Å². The van der Waals surface area contributed by atoms with Crippen LogP contribution in [0.5, 0.6) is 0 Å². The lowest BCUT2D eigenvalue weighted by molar-refractivity contribution is -0.111. The number of alkyl halides is 2. The molecule has 0 atom stereocenters. The van der Waals surface area contributed by atoms with Crippen molar-refractivity contribution in [1.82, 2.24) is 14.8 Å². The Morgan fingerprint density at radius 3 is 2.84 bits per heavy atom. The van der Waals surface area contributed by atoms with Crippen LogP contribution in [0.15, 0.2) is 31.0 Å². The monoisotopic (exact) mass is 346 g/mol. The van der Waals surface area contributed by atoms with E-state index in [1.165, 1.54) is 6.08 Å². The zero-order chi connectivity index (χ0) is 18.0. The van der Waals surface area contributed by atoms with Crippen LogP contribution in [0, 0.1) is 5.92 Å². The summed E-state index contributed by atoms with van der Waals surface area (Å²) in [4.78, 5) is 15.8. The van der Waals surface area contributed by atoms with Gasteiger partial charge in [-0.15, -0.1) is 0 Å². The summed E-state index contributed by atoms with van der Waals surface area (Å²) in [6.45, 7) is 3.42. The van der Waals surface area contributed by atoms with Gasteiger partial charge in [0, 0.05) is 25.3 Å². The summed E-state index contributed by atoms with van der Waals surface area (Å²) in [5, 5.41) is 7.89. The van der Waals surface area contributed by atoms with Crippen LogP contribution < -0.4 is 5.32 Å². The molecule has 1 aliphatic carbocycles. The number of allylic oxidation sites excluding steroid dienone is 1. The van der Waals surface area contributed by atoms with Gasteiger partial charge in [0.2, 0.25) is 11.8 Å². The van der Waals surface area contributed by atoms with Gasteiger partial charge in [-0.05, 0) is 37.0 Å². The molecule has 0 saturated heterocycles. The first-order chi connectivity index (χ1) is 11.9. The van der Waals surface area contributed by atoms with Crippen molar-refractivity contribution in [3.63, 3.8) is 0 Å². The number of anilines is 1. The lowest BCUT2D eigenvalue weighted by atomic mass is 9.86. The quantitative estimate of drug-likeness (QED) is 0.853. The van der Waals surface area contributed by atoms with Gasteiger partial charge in [-0.1, -0.05) is 12.7 Å². The summed E-state index contributed by atoms with van der Waals surface area (Å²) in [7, 11) is 1.79. The Morgan fingerprint density at radius 2 is 2.16 bits per heavy atom. The number of rotatable bonds is 4. The van der Waals surface area contributed by atoms with Crippen molar-refractivity contribution in [2.75, 3.05) is 5.32 Å². The van der Waals surface area contributed by atoms with E-state index in [1.807, 2.05) is 12.2 Å². The number of aromatic nitrogens is 3. The maximum atomic E-state index is 13.2. The molecule has 0 bridgehead atoms. The summed E-state index contributed by atoms with van der Waals surface area (Å²) in [5.74, 6) is -2.71. The number of hydrogen-bond acceptors (Lipinski definition) is 3. The molecular formula is C18H20F2N4O. The predicted octanol–water partition coefficient (Wildman–Crippen LogP) is 3.93. The van der Waals surface area contributed by atoms with Crippen LogP contribution in [-0.2, 0) is 11.8 Å². The van der Waals surface area contributed by atoms with Crippen LogP contribution in [-0.4, -0.2) is 26.6 Å². The Labute approximate surface area is 144 Å². The molecule has 0 spiro atoms. The molecule has 1 saturated carbocycles. The molecule has 0 unspecified atom stereocenters. The molecule has 1 N–H and O–H groups in total. The summed E-state index contributed by atoms with van der Waals surface area (Å²) in [5.41, 5.74) is 1.95. The van der Waals surface area contributed by atoms with E-state index < -0.39 is 5.92 Å². The van der Waals surface area contributed by atoms with Crippen LogP contribution in [0.3, 0.4) is 0 Å². The molecule has 0 aromatic carbocycles. The van der Waals surface area contributed by atoms with Gasteiger partial charge >= 0.3 is 0 Å². The lowest BCUT2D eigenvalue weighted by Crippen LogP contribution is -2.23. The number of nitrogens with zero attached hydrogens (tertiary/aromatic N) is 3. The number of carbonyl (C=O) groups is 1. The Kier molecular flexibility index (Phi) is 4.65. The van der Waals surface area contributed by atoms with Gasteiger partial charge in [0.25, 0.3) is 0 Å². The van der Waals surface area contributed by atoms with Gasteiger partial charge in [-0.3, -0.25) is 4.79 Å². The molecule has 7 heteroatoms. The number of hydrogen-bond donors (Lipinski definition) is 1. The van der Waals surface area contributed by atoms with Crippen molar-refractivity contribution in [3.05, 3.63) is 36.7 Å². The molecule has 2 aromatic heterocycles. The minimum Gasteiger partial charge on any atom is -0.321 e. The van der Waals surface area contributed by atoms with Gasteiger partial charge < -0.3 is 5.32 Å². The molecule has 3 rings (SSSR count). The molecule has 0 aliphatic heterocycles. The average Bonchev–Trinajstić information content (AvgIpc) is 2.89. The minimum atomic E-state index is -2.52. The fourth-order valence-corrected chi connectivity index (χ4v) is 3.03. The normalized spacial score (nSPS) is 17.9. The highest BCUT2D eigenvalue weighted by Gasteiger charge is 2.33. The molecule has 2 heterocycles. The average molecular weight is 346 g/mol. The third-order valence-electron chi connectivity index (χ3n) is 4.45. The third kappa shape index (κ3) is 3.92. The summed E-state index contributed by atoms with van der Waals surface area (Å²) >= 11 is 0. The highest BCUT2D eigenvalue weighted by Crippen LogP contribution is 2.37. The maximum absolute atomic E-state index is 13.2.